The number of ether oxygens (including phenoxy) is 1. The van der Waals surface area contributed by atoms with Crippen molar-refractivity contribution in [3.05, 3.63) is 47.0 Å². The summed E-state index contributed by atoms with van der Waals surface area (Å²) >= 11 is 5.89. The van der Waals surface area contributed by atoms with Crippen molar-refractivity contribution >= 4 is 22.6 Å². The van der Waals surface area contributed by atoms with E-state index in [2.05, 4.69) is 25.0 Å². The van der Waals surface area contributed by atoms with Gasteiger partial charge in [0.2, 0.25) is 11.2 Å². The van der Waals surface area contributed by atoms with Gasteiger partial charge in [0.1, 0.15) is 17.7 Å². The summed E-state index contributed by atoms with van der Waals surface area (Å²) in [5.74, 6) is -0.791. The Kier molecular flexibility index (Phi) is 4.77. The summed E-state index contributed by atoms with van der Waals surface area (Å²) in [6, 6.07) is 1.01. The number of halogens is 5. The first kappa shape index (κ1) is 20.6. The van der Waals surface area contributed by atoms with Gasteiger partial charge >= 0.3 is 6.18 Å². The summed E-state index contributed by atoms with van der Waals surface area (Å²) in [5.41, 5.74) is -0.641. The predicted molar refractivity (Wildman–Crippen MR) is 104 cm³/mol. The van der Waals surface area contributed by atoms with Gasteiger partial charge in [-0.15, -0.1) is 0 Å². The number of rotatable bonds is 5. The fourth-order valence-corrected chi connectivity index (χ4v) is 3.44. The molecule has 166 valence electrons. The lowest BCUT2D eigenvalue weighted by atomic mass is 10.2. The highest BCUT2D eigenvalue weighted by atomic mass is 35.5. The summed E-state index contributed by atoms with van der Waals surface area (Å²) in [4.78, 5) is 15.7. The minimum Gasteiger partial charge on any atom is -0.472 e. The standard InChI is InChI=1S/C19H14ClF4N7O/c1-30-6-11-15(29-30)27-18(20)28-17(11)32-8-9-4-12(21)14(25-5-9)16-26-13(19(22,23)24)7-31(16)10-2-3-10/h4-7,10H,2-3,8H2,1H3. The first-order valence-electron chi connectivity index (χ1n) is 9.49. The van der Waals surface area contributed by atoms with Crippen LogP contribution in [0.4, 0.5) is 17.6 Å². The molecular weight excluding hydrogens is 454 g/mol. The number of aromatic nitrogens is 7. The van der Waals surface area contributed by atoms with Crippen LogP contribution in [0.15, 0.2) is 24.7 Å². The van der Waals surface area contributed by atoms with Crippen molar-refractivity contribution in [1.82, 2.24) is 34.3 Å². The molecule has 0 bridgehead atoms. The first-order valence-corrected chi connectivity index (χ1v) is 9.87. The van der Waals surface area contributed by atoms with E-state index >= 15 is 0 Å². The highest BCUT2D eigenvalue weighted by molar-refractivity contribution is 6.28. The van der Waals surface area contributed by atoms with Gasteiger partial charge in [-0.05, 0) is 30.5 Å². The molecule has 0 atom stereocenters. The summed E-state index contributed by atoms with van der Waals surface area (Å²) in [7, 11) is 1.70. The average molecular weight is 468 g/mol. The van der Waals surface area contributed by atoms with Gasteiger partial charge in [0.05, 0.1) is 0 Å². The van der Waals surface area contributed by atoms with Crippen molar-refractivity contribution < 1.29 is 22.3 Å². The van der Waals surface area contributed by atoms with Crippen LogP contribution in [0.25, 0.3) is 22.6 Å². The van der Waals surface area contributed by atoms with Crippen LogP contribution >= 0.6 is 11.6 Å². The fraction of sp³-hybridized carbons (Fsp3) is 0.316. The lowest BCUT2D eigenvalue weighted by molar-refractivity contribution is -0.140. The Hall–Kier alpha value is -3.28. The minimum atomic E-state index is -4.63. The van der Waals surface area contributed by atoms with E-state index in [1.54, 1.807) is 13.2 Å². The third kappa shape index (κ3) is 3.85. The third-order valence-electron chi connectivity index (χ3n) is 4.88. The summed E-state index contributed by atoms with van der Waals surface area (Å²) < 4.78 is 62.7. The molecule has 5 rings (SSSR count). The lowest BCUT2D eigenvalue weighted by Crippen LogP contribution is -2.05. The number of aryl methyl sites for hydroxylation is 1. The number of fused-ring (bicyclic) bond motifs is 1. The molecule has 0 amide bonds. The van der Waals surface area contributed by atoms with Gasteiger partial charge in [-0.2, -0.15) is 28.2 Å². The Bertz CT molecular complexity index is 1330. The zero-order chi connectivity index (χ0) is 22.6. The Morgan fingerprint density at radius 3 is 2.66 bits per heavy atom. The van der Waals surface area contributed by atoms with Crippen molar-refractivity contribution in [3.63, 3.8) is 0 Å². The zero-order valence-corrected chi connectivity index (χ0v) is 17.2. The van der Waals surface area contributed by atoms with Crippen LogP contribution in [0.2, 0.25) is 5.28 Å². The van der Waals surface area contributed by atoms with E-state index in [0.717, 1.165) is 12.3 Å². The molecule has 4 heterocycles. The van der Waals surface area contributed by atoms with E-state index in [0.29, 0.717) is 29.4 Å². The second-order valence-electron chi connectivity index (χ2n) is 7.39. The predicted octanol–water partition coefficient (Wildman–Crippen LogP) is 4.35. The van der Waals surface area contributed by atoms with E-state index in [1.165, 1.54) is 15.4 Å². The minimum absolute atomic E-state index is 0.0572. The maximum absolute atomic E-state index is 14.8. The molecule has 0 aromatic carbocycles. The molecule has 1 aliphatic carbocycles. The van der Waals surface area contributed by atoms with E-state index in [-0.39, 0.29) is 35.3 Å². The van der Waals surface area contributed by atoms with Gasteiger partial charge in [0, 0.05) is 37.2 Å². The molecule has 13 heteroatoms. The highest BCUT2D eigenvalue weighted by Crippen LogP contribution is 2.41. The molecule has 4 aromatic heterocycles. The molecule has 0 aliphatic heterocycles. The Morgan fingerprint density at radius 1 is 1.19 bits per heavy atom. The van der Waals surface area contributed by atoms with E-state index < -0.39 is 17.7 Å². The van der Waals surface area contributed by atoms with Gasteiger partial charge in [0.15, 0.2) is 23.0 Å². The van der Waals surface area contributed by atoms with Gasteiger partial charge in [-0.25, -0.2) is 14.4 Å². The molecule has 1 fully saturated rings. The number of hydrogen-bond acceptors (Lipinski definition) is 6. The van der Waals surface area contributed by atoms with Crippen molar-refractivity contribution in [2.24, 2.45) is 7.05 Å². The molecule has 1 saturated carbocycles. The average Bonchev–Trinajstić information content (AvgIpc) is 3.34. The van der Waals surface area contributed by atoms with Crippen LogP contribution in [-0.2, 0) is 19.8 Å². The molecule has 0 unspecified atom stereocenters. The SMILES string of the molecule is Cn1cc2c(OCc3cnc(-c4nc(C(F)(F)F)cn4C4CC4)c(F)c3)nc(Cl)nc2n1. The molecular formula is C19H14ClF4N7O. The number of pyridine rings is 1. The topological polar surface area (TPSA) is 83.5 Å². The maximum Gasteiger partial charge on any atom is 0.434 e. The molecule has 0 saturated heterocycles. The maximum atomic E-state index is 14.8. The van der Waals surface area contributed by atoms with Crippen LogP contribution in [0.5, 0.6) is 5.88 Å². The molecule has 0 spiro atoms. The molecule has 32 heavy (non-hydrogen) atoms. The van der Waals surface area contributed by atoms with Crippen LogP contribution in [0.1, 0.15) is 30.1 Å². The normalized spacial score (nSPS) is 14.3. The summed E-state index contributed by atoms with van der Waals surface area (Å²) in [6.07, 6.45) is 0.662. The highest BCUT2D eigenvalue weighted by Gasteiger charge is 2.38. The lowest BCUT2D eigenvalue weighted by Gasteiger charge is -2.09. The molecule has 0 N–H and O–H groups in total. The molecule has 4 aromatic rings. The van der Waals surface area contributed by atoms with Gasteiger partial charge < -0.3 is 9.30 Å². The summed E-state index contributed by atoms with van der Waals surface area (Å²) in [5, 5.41) is 4.60. The van der Waals surface area contributed by atoms with Crippen LogP contribution < -0.4 is 4.74 Å². The smallest absolute Gasteiger partial charge is 0.434 e. The van der Waals surface area contributed by atoms with Crippen LogP contribution in [-0.4, -0.2) is 34.3 Å². The van der Waals surface area contributed by atoms with Crippen LogP contribution in [0.3, 0.4) is 0 Å². The summed E-state index contributed by atoms with van der Waals surface area (Å²) in [6.45, 7) is -0.105. The quantitative estimate of drug-likeness (QED) is 0.320. The van der Waals surface area contributed by atoms with E-state index in [9.17, 15) is 17.6 Å². The Morgan fingerprint density at radius 2 is 1.97 bits per heavy atom. The second-order valence-corrected chi connectivity index (χ2v) is 7.72. The fourth-order valence-electron chi connectivity index (χ4n) is 3.29. The number of alkyl halides is 3. The first-order chi connectivity index (χ1) is 15.2. The zero-order valence-electron chi connectivity index (χ0n) is 16.4. The molecule has 8 nitrogen and oxygen atoms in total. The second kappa shape index (κ2) is 7.40. The molecule has 0 radical (unpaired) electrons. The Balaban J connectivity index is 1.42. The van der Waals surface area contributed by atoms with Crippen molar-refractivity contribution in [2.45, 2.75) is 31.7 Å². The van der Waals surface area contributed by atoms with Crippen molar-refractivity contribution in [1.29, 1.82) is 0 Å². The number of nitrogens with zero attached hydrogens (tertiary/aromatic N) is 7. The van der Waals surface area contributed by atoms with Crippen molar-refractivity contribution in [2.75, 3.05) is 0 Å². The van der Waals surface area contributed by atoms with Gasteiger partial charge in [-0.1, -0.05) is 0 Å². The van der Waals surface area contributed by atoms with Crippen molar-refractivity contribution in [3.8, 4) is 17.4 Å². The Labute approximate surface area is 182 Å². The van der Waals surface area contributed by atoms with E-state index in [1.807, 2.05) is 0 Å². The molecule has 1 aliphatic rings. The largest absolute Gasteiger partial charge is 0.472 e. The van der Waals surface area contributed by atoms with Gasteiger partial charge in [-0.3, -0.25) is 4.68 Å². The monoisotopic (exact) mass is 467 g/mol. The van der Waals surface area contributed by atoms with Gasteiger partial charge in [0.25, 0.3) is 0 Å². The number of hydrogen-bond donors (Lipinski definition) is 0. The van der Waals surface area contributed by atoms with E-state index in [4.69, 9.17) is 16.3 Å². The third-order valence-corrected chi connectivity index (χ3v) is 5.05. The van der Waals surface area contributed by atoms with Crippen LogP contribution in [0, 0.1) is 5.82 Å². The number of imidazole rings is 1.